The minimum Gasteiger partial charge on any atom is -0.454 e. The second-order valence-corrected chi connectivity index (χ2v) is 8.29. The predicted molar refractivity (Wildman–Crippen MR) is 127 cm³/mol. The molecule has 9 heteroatoms. The molecule has 0 spiro atoms. The van der Waals surface area contributed by atoms with Gasteiger partial charge in [-0.3, -0.25) is 19.4 Å². The van der Waals surface area contributed by atoms with E-state index in [1.807, 2.05) is 37.5 Å². The van der Waals surface area contributed by atoms with Crippen molar-refractivity contribution in [2.75, 3.05) is 6.79 Å². The van der Waals surface area contributed by atoms with Gasteiger partial charge in [0.05, 0.1) is 10.9 Å². The lowest BCUT2D eigenvalue weighted by Crippen LogP contribution is -2.50. The van der Waals surface area contributed by atoms with Crippen LogP contribution < -0.4 is 25.5 Å². The van der Waals surface area contributed by atoms with E-state index in [1.165, 1.54) is 6.20 Å². The Hall–Kier alpha value is -3.88. The third-order valence-electron chi connectivity index (χ3n) is 6.16. The summed E-state index contributed by atoms with van der Waals surface area (Å²) in [6.07, 6.45) is 5.51. The van der Waals surface area contributed by atoms with E-state index in [0.29, 0.717) is 41.9 Å². The van der Waals surface area contributed by atoms with Crippen LogP contribution >= 0.6 is 0 Å². The number of aryl methyl sites for hydroxylation is 1. The van der Waals surface area contributed by atoms with Crippen LogP contribution in [0.4, 0.5) is 0 Å². The molecule has 1 aliphatic rings. The van der Waals surface area contributed by atoms with Gasteiger partial charge in [-0.05, 0) is 36.6 Å². The van der Waals surface area contributed by atoms with Crippen molar-refractivity contribution >= 4 is 22.7 Å². The minimum absolute atomic E-state index is 0.0246. The van der Waals surface area contributed by atoms with E-state index in [0.717, 1.165) is 5.56 Å². The number of nitrogens with one attached hydrogen (secondary N) is 2. The largest absolute Gasteiger partial charge is 0.454 e. The number of pyridine rings is 2. The smallest absolute Gasteiger partial charge is 0.257 e. The Morgan fingerprint density at radius 1 is 1.15 bits per heavy atom. The summed E-state index contributed by atoms with van der Waals surface area (Å²) >= 11 is 0. The van der Waals surface area contributed by atoms with Gasteiger partial charge in [0, 0.05) is 37.7 Å². The van der Waals surface area contributed by atoms with Gasteiger partial charge in [0.25, 0.3) is 5.91 Å². The highest BCUT2D eigenvalue weighted by atomic mass is 16.7. The molecule has 0 bridgehead atoms. The number of fused-ring (bicyclic) bond motifs is 2. The summed E-state index contributed by atoms with van der Waals surface area (Å²) in [6.45, 7) is 6.70. The number of ether oxygens (including phenoxy) is 2. The van der Waals surface area contributed by atoms with Crippen LogP contribution in [0.1, 0.15) is 43.1 Å². The van der Waals surface area contributed by atoms with E-state index in [1.54, 1.807) is 24.5 Å². The Balaban J connectivity index is 1.61. The van der Waals surface area contributed by atoms with Crippen molar-refractivity contribution in [1.82, 2.24) is 20.2 Å². The molecule has 9 nitrogen and oxygen atoms in total. The molecule has 1 aliphatic heterocycles. The summed E-state index contributed by atoms with van der Waals surface area (Å²) in [7, 11) is 0. The fourth-order valence-corrected chi connectivity index (χ4v) is 3.92. The molecule has 0 fully saturated rings. The standard InChI is InChI=1S/C25H28N4O5/c1-4-15(3)22(25(32)27-12-16-6-8-26-9-7-16)28-24(31)18-13-29(5-2)19-11-21-20(33-14-34-21)10-17(19)23(18)30/h6-11,13,15,22H,4-5,12,14H2,1-3H3,(H,27,32)(H,28,31)/t15?,22-/m1/s1. The molecule has 4 rings (SSSR count). The zero-order chi connectivity index (χ0) is 24.2. The Morgan fingerprint density at radius 2 is 1.85 bits per heavy atom. The lowest BCUT2D eigenvalue weighted by molar-refractivity contribution is -0.124. The Morgan fingerprint density at radius 3 is 2.53 bits per heavy atom. The highest BCUT2D eigenvalue weighted by molar-refractivity contribution is 6.00. The van der Waals surface area contributed by atoms with Crippen molar-refractivity contribution < 1.29 is 19.1 Å². The van der Waals surface area contributed by atoms with Crippen LogP contribution in [0.15, 0.2) is 47.7 Å². The number of carbonyl (C=O) groups is 2. The van der Waals surface area contributed by atoms with Crippen molar-refractivity contribution in [3.63, 3.8) is 0 Å². The fourth-order valence-electron chi connectivity index (χ4n) is 3.92. The summed E-state index contributed by atoms with van der Waals surface area (Å²) in [5.74, 6) is 0.00599. The monoisotopic (exact) mass is 464 g/mol. The van der Waals surface area contributed by atoms with Gasteiger partial charge >= 0.3 is 0 Å². The van der Waals surface area contributed by atoms with Crippen molar-refractivity contribution in [2.45, 2.75) is 46.3 Å². The molecule has 178 valence electrons. The maximum Gasteiger partial charge on any atom is 0.257 e. The molecule has 2 N–H and O–H groups in total. The van der Waals surface area contributed by atoms with Crippen molar-refractivity contribution in [3.8, 4) is 11.5 Å². The first-order chi connectivity index (χ1) is 16.4. The minimum atomic E-state index is -0.790. The lowest BCUT2D eigenvalue weighted by atomic mass is 9.97. The summed E-state index contributed by atoms with van der Waals surface area (Å²) in [6, 6.07) is 6.19. The van der Waals surface area contributed by atoms with Crippen LogP contribution in [0.5, 0.6) is 11.5 Å². The van der Waals surface area contributed by atoms with Crippen LogP contribution in [0, 0.1) is 5.92 Å². The summed E-state index contributed by atoms with van der Waals surface area (Å²) in [5.41, 5.74) is 1.11. The molecule has 3 aromatic rings. The topological polar surface area (TPSA) is 112 Å². The molecule has 2 amide bonds. The summed E-state index contributed by atoms with van der Waals surface area (Å²) < 4.78 is 12.7. The molecule has 0 aliphatic carbocycles. The van der Waals surface area contributed by atoms with E-state index < -0.39 is 17.4 Å². The SMILES string of the molecule is CCC(C)[C@@H](NC(=O)c1cn(CC)c2cc3c(cc2c1=O)OCO3)C(=O)NCc1ccncc1. The predicted octanol–water partition coefficient (Wildman–Crippen LogP) is 2.61. The van der Waals surface area contributed by atoms with Crippen molar-refractivity contribution in [2.24, 2.45) is 5.92 Å². The average Bonchev–Trinajstić information content (AvgIpc) is 3.33. The molecule has 2 atom stereocenters. The van der Waals surface area contributed by atoms with Crippen molar-refractivity contribution in [1.29, 1.82) is 0 Å². The maximum atomic E-state index is 13.3. The van der Waals surface area contributed by atoms with Gasteiger partial charge in [-0.1, -0.05) is 20.3 Å². The zero-order valence-corrected chi connectivity index (χ0v) is 19.5. The highest BCUT2D eigenvalue weighted by Crippen LogP contribution is 2.35. The number of nitrogens with zero attached hydrogens (tertiary/aromatic N) is 2. The number of hydrogen-bond donors (Lipinski definition) is 2. The van der Waals surface area contributed by atoms with E-state index >= 15 is 0 Å². The maximum absolute atomic E-state index is 13.3. The summed E-state index contributed by atoms with van der Waals surface area (Å²) in [5, 5.41) is 6.03. The number of rotatable bonds is 8. The van der Waals surface area contributed by atoms with Gasteiger partial charge in [0.1, 0.15) is 11.6 Å². The van der Waals surface area contributed by atoms with E-state index in [9.17, 15) is 14.4 Å². The van der Waals surface area contributed by atoms with Gasteiger partial charge in [-0.2, -0.15) is 0 Å². The molecule has 2 aromatic heterocycles. The van der Waals surface area contributed by atoms with Gasteiger partial charge in [-0.25, -0.2) is 0 Å². The van der Waals surface area contributed by atoms with Gasteiger partial charge in [0.15, 0.2) is 11.5 Å². The third kappa shape index (κ3) is 4.59. The first-order valence-corrected chi connectivity index (χ1v) is 11.4. The molecular weight excluding hydrogens is 436 g/mol. The Bertz CT molecular complexity index is 1270. The first-order valence-electron chi connectivity index (χ1n) is 11.4. The first kappa shape index (κ1) is 23.3. The molecule has 0 saturated carbocycles. The molecule has 34 heavy (non-hydrogen) atoms. The fraction of sp³-hybridized carbons (Fsp3) is 0.360. The Labute approximate surface area is 197 Å². The van der Waals surface area contributed by atoms with Crippen LogP contribution in [-0.2, 0) is 17.9 Å². The average molecular weight is 465 g/mol. The highest BCUT2D eigenvalue weighted by Gasteiger charge is 2.28. The number of hydrogen-bond acceptors (Lipinski definition) is 6. The quantitative estimate of drug-likeness (QED) is 0.530. The van der Waals surface area contributed by atoms with Gasteiger partial charge in [-0.15, -0.1) is 0 Å². The summed E-state index contributed by atoms with van der Waals surface area (Å²) in [4.78, 5) is 43.5. The lowest BCUT2D eigenvalue weighted by Gasteiger charge is -2.24. The number of amides is 2. The molecule has 1 aromatic carbocycles. The second-order valence-electron chi connectivity index (χ2n) is 8.29. The Kier molecular flexibility index (Phi) is 6.81. The second kappa shape index (κ2) is 9.94. The number of carbonyl (C=O) groups excluding carboxylic acids is 2. The van der Waals surface area contributed by atoms with E-state index in [4.69, 9.17) is 9.47 Å². The van der Waals surface area contributed by atoms with Gasteiger partial charge in [0.2, 0.25) is 18.1 Å². The molecule has 3 heterocycles. The van der Waals surface area contributed by atoms with E-state index in [-0.39, 0.29) is 24.2 Å². The van der Waals surface area contributed by atoms with Crippen molar-refractivity contribution in [3.05, 3.63) is 64.2 Å². The van der Waals surface area contributed by atoms with E-state index in [2.05, 4.69) is 15.6 Å². The molecule has 1 unspecified atom stereocenters. The molecule has 0 saturated heterocycles. The van der Waals surface area contributed by atoms with Gasteiger partial charge < -0.3 is 24.7 Å². The zero-order valence-electron chi connectivity index (χ0n) is 19.5. The molecule has 0 radical (unpaired) electrons. The van der Waals surface area contributed by atoms with Crippen LogP contribution in [0.3, 0.4) is 0 Å². The third-order valence-corrected chi connectivity index (χ3v) is 6.16. The number of aromatic nitrogens is 2. The van der Waals surface area contributed by atoms with Crippen LogP contribution in [0.25, 0.3) is 10.9 Å². The number of benzene rings is 1. The normalized spacial score (nSPS) is 14.0. The molecular formula is C25H28N4O5. The van der Waals surface area contributed by atoms with Crippen LogP contribution in [0.2, 0.25) is 0 Å². The van der Waals surface area contributed by atoms with Crippen LogP contribution in [-0.4, -0.2) is 34.2 Å².